The maximum atomic E-state index is 6.09. The highest BCUT2D eigenvalue weighted by Crippen LogP contribution is 2.53. The highest BCUT2D eigenvalue weighted by atomic mass is 15.2. The van der Waals surface area contributed by atoms with Gasteiger partial charge in [-0.3, -0.25) is 4.40 Å². The Labute approximate surface area is 429 Å². The molecule has 0 aliphatic rings. The van der Waals surface area contributed by atoms with Gasteiger partial charge in [-0.05, 0) is 129 Å². The van der Waals surface area contributed by atoms with Gasteiger partial charge in [-0.1, -0.05) is 163 Å². The fourth-order valence-corrected chi connectivity index (χ4v) is 12.4. The summed E-state index contributed by atoms with van der Waals surface area (Å²) in [6.07, 6.45) is 0. The molecule has 15 aromatic rings. The van der Waals surface area contributed by atoms with E-state index >= 15 is 0 Å². The molecule has 0 saturated heterocycles. The van der Waals surface area contributed by atoms with Gasteiger partial charge in [-0.15, -0.1) is 0 Å². The third-order valence-electron chi connectivity index (χ3n) is 15.9. The number of benzene rings is 10. The Morgan fingerprint density at radius 3 is 1.38 bits per heavy atom. The molecule has 0 aliphatic carbocycles. The van der Waals surface area contributed by atoms with Crippen LogP contribution in [0.2, 0.25) is 0 Å². The van der Waals surface area contributed by atoms with Crippen molar-refractivity contribution in [2.24, 2.45) is 0 Å². The Bertz CT molecular complexity index is 4630. The molecule has 0 saturated carbocycles. The predicted octanol–water partition coefficient (Wildman–Crippen LogP) is 19.2. The van der Waals surface area contributed by atoms with E-state index in [0.29, 0.717) is 0 Å². The monoisotopic (exact) mass is 951 g/mol. The number of aromatic nitrogens is 3. The molecule has 0 bridgehead atoms. The molecule has 5 heterocycles. The molecule has 0 amide bonds. The Morgan fingerprint density at radius 2 is 0.811 bits per heavy atom. The number of nitrogens with zero attached hydrogens (tertiary/aromatic N) is 5. The van der Waals surface area contributed by atoms with E-state index in [9.17, 15) is 0 Å². The number of anilines is 6. The van der Waals surface area contributed by atoms with Gasteiger partial charge >= 0.3 is 0 Å². The zero-order valence-corrected chi connectivity index (χ0v) is 42.4. The molecule has 0 aliphatic heterocycles. The van der Waals surface area contributed by atoms with Crippen molar-refractivity contribution in [2.45, 2.75) is 52.4 Å². The molecule has 0 spiro atoms. The molecule has 0 atom stereocenters. The number of hydrogen-bond donors (Lipinski definition) is 0. The van der Waals surface area contributed by atoms with Crippen LogP contribution >= 0.6 is 0 Å². The van der Waals surface area contributed by atoms with Crippen LogP contribution in [0.5, 0.6) is 0 Å². The zero-order chi connectivity index (χ0) is 49.8. The molecular weight excluding hydrogens is 899 g/mol. The van der Waals surface area contributed by atoms with Crippen LogP contribution in [0.1, 0.15) is 52.7 Å². The minimum atomic E-state index is -0.125. The van der Waals surface area contributed by atoms with Gasteiger partial charge in [0, 0.05) is 65.8 Å². The van der Waals surface area contributed by atoms with Crippen LogP contribution in [0.25, 0.3) is 98.0 Å². The molecule has 10 aromatic carbocycles. The molecule has 15 rings (SSSR count). The van der Waals surface area contributed by atoms with Crippen molar-refractivity contribution >= 4 is 132 Å². The number of rotatable bonds is 6. The second-order valence-electron chi connectivity index (χ2n) is 22.4. The van der Waals surface area contributed by atoms with E-state index in [1.54, 1.807) is 0 Å². The zero-order valence-electron chi connectivity index (χ0n) is 42.4. The van der Waals surface area contributed by atoms with E-state index in [0.717, 1.165) is 67.1 Å². The molecule has 5 heteroatoms. The number of pyridine rings is 1. The van der Waals surface area contributed by atoms with Gasteiger partial charge < -0.3 is 14.2 Å². The quantitative estimate of drug-likeness (QED) is 0.166. The minimum Gasteiger partial charge on any atom is -0.308 e. The molecule has 0 fully saturated rings. The summed E-state index contributed by atoms with van der Waals surface area (Å²) in [5.41, 5.74) is 16.8. The average Bonchev–Trinajstić information content (AvgIpc) is 4.24. The van der Waals surface area contributed by atoms with E-state index in [2.05, 4.69) is 272 Å². The number of hydrogen-bond acceptors (Lipinski definition) is 3. The lowest BCUT2D eigenvalue weighted by atomic mass is 9.84. The standard InChI is InChI=1S/C69H53N5/c1-68(2,3)44-37-52-53-39-45(69(4,5)6)40-59(71(46-25-11-7-12-26-46)47-27-13-8-14-28-47)63(53)74-62(52)54(38-44)55-41-58-61(70-67(55)74)57-36-42-23-19-21-33-50(42)60-56-35-43-24-20-22-34-51(43)65(66(56)73(58)64(57)60)72(48-29-15-9-16-30-48)49-31-17-10-18-32-49/h7-41H,1-6H3. The van der Waals surface area contributed by atoms with Gasteiger partial charge in [0.05, 0.1) is 44.5 Å². The third kappa shape index (κ3) is 6.01. The summed E-state index contributed by atoms with van der Waals surface area (Å²) in [4.78, 5) is 11.0. The molecule has 0 unspecified atom stereocenters. The van der Waals surface area contributed by atoms with Gasteiger partial charge in [0.15, 0.2) is 0 Å². The first kappa shape index (κ1) is 42.7. The third-order valence-corrected chi connectivity index (χ3v) is 15.9. The molecule has 5 aromatic heterocycles. The maximum absolute atomic E-state index is 6.09. The van der Waals surface area contributed by atoms with Crippen molar-refractivity contribution in [1.29, 1.82) is 0 Å². The first-order valence-corrected chi connectivity index (χ1v) is 26.0. The lowest BCUT2D eigenvalue weighted by Crippen LogP contribution is -2.15. The summed E-state index contributed by atoms with van der Waals surface area (Å²) < 4.78 is 5.11. The van der Waals surface area contributed by atoms with Crippen LogP contribution in [-0.2, 0) is 10.8 Å². The lowest BCUT2D eigenvalue weighted by Gasteiger charge is -2.29. The Kier molecular flexibility index (Phi) is 8.83. The number of fused-ring (bicyclic) bond motifs is 15. The van der Waals surface area contributed by atoms with Gasteiger partial charge in [0.2, 0.25) is 0 Å². The molecule has 354 valence electrons. The van der Waals surface area contributed by atoms with Gasteiger partial charge in [-0.25, -0.2) is 4.98 Å². The SMILES string of the molecule is CC(C)(C)c1cc(N(c2ccccc2)c2ccccc2)c2c(c1)c1cc(C(C)(C)C)cc3c4cc5c(nc4n2c31)c1cc2ccccc2c2c3cc4ccccc4c(N(c4ccccc4)c4ccccc4)c3n5c12. The minimum absolute atomic E-state index is 0.121. The topological polar surface area (TPSA) is 28.2 Å². The van der Waals surface area contributed by atoms with Crippen molar-refractivity contribution in [2.75, 3.05) is 9.80 Å². The van der Waals surface area contributed by atoms with Crippen LogP contribution in [0.15, 0.2) is 212 Å². The second-order valence-corrected chi connectivity index (χ2v) is 22.4. The van der Waals surface area contributed by atoms with Crippen LogP contribution in [0.4, 0.5) is 34.1 Å². The molecule has 5 nitrogen and oxygen atoms in total. The predicted molar refractivity (Wildman–Crippen MR) is 315 cm³/mol. The van der Waals surface area contributed by atoms with Gasteiger partial charge in [0.25, 0.3) is 0 Å². The molecule has 74 heavy (non-hydrogen) atoms. The summed E-state index contributed by atoms with van der Waals surface area (Å²) in [6.45, 7) is 14.0. The first-order chi connectivity index (χ1) is 36.0. The van der Waals surface area contributed by atoms with Crippen molar-refractivity contribution in [1.82, 2.24) is 13.8 Å². The van der Waals surface area contributed by atoms with E-state index < -0.39 is 0 Å². The average molecular weight is 952 g/mol. The summed E-state index contributed by atoms with van der Waals surface area (Å²) in [5.74, 6) is 0. The Hall–Kier alpha value is -8.93. The van der Waals surface area contributed by atoms with Gasteiger partial charge in [0.1, 0.15) is 5.65 Å². The van der Waals surface area contributed by atoms with Gasteiger partial charge in [-0.2, -0.15) is 0 Å². The summed E-state index contributed by atoms with van der Waals surface area (Å²) in [6, 6.07) is 78.5. The molecule has 0 N–H and O–H groups in total. The number of para-hydroxylation sites is 4. The highest BCUT2D eigenvalue weighted by molar-refractivity contribution is 6.35. The first-order valence-electron chi connectivity index (χ1n) is 26.0. The fraction of sp³-hybridized carbons (Fsp3) is 0.116. The molecule has 0 radical (unpaired) electrons. The normalized spacial score (nSPS) is 12.7. The van der Waals surface area contributed by atoms with Crippen molar-refractivity contribution in [3.8, 4) is 0 Å². The highest BCUT2D eigenvalue weighted by Gasteiger charge is 2.32. The van der Waals surface area contributed by atoms with E-state index in [1.807, 2.05) is 0 Å². The summed E-state index contributed by atoms with van der Waals surface area (Å²) in [5, 5.41) is 13.3. The summed E-state index contributed by atoms with van der Waals surface area (Å²) >= 11 is 0. The lowest BCUT2D eigenvalue weighted by molar-refractivity contribution is 0.591. The van der Waals surface area contributed by atoms with Crippen molar-refractivity contribution < 1.29 is 0 Å². The smallest absolute Gasteiger partial charge is 0.146 e. The van der Waals surface area contributed by atoms with Crippen LogP contribution in [0, 0.1) is 0 Å². The van der Waals surface area contributed by atoms with E-state index in [-0.39, 0.29) is 10.8 Å². The van der Waals surface area contributed by atoms with Crippen molar-refractivity contribution in [3.05, 3.63) is 223 Å². The summed E-state index contributed by atoms with van der Waals surface area (Å²) in [7, 11) is 0. The van der Waals surface area contributed by atoms with Crippen LogP contribution < -0.4 is 9.80 Å². The maximum Gasteiger partial charge on any atom is 0.146 e. The van der Waals surface area contributed by atoms with Crippen LogP contribution in [-0.4, -0.2) is 13.8 Å². The van der Waals surface area contributed by atoms with Crippen LogP contribution in [0.3, 0.4) is 0 Å². The fourth-order valence-electron chi connectivity index (χ4n) is 12.4. The second kappa shape index (κ2) is 15.3. The van der Waals surface area contributed by atoms with E-state index in [1.165, 1.54) is 76.2 Å². The van der Waals surface area contributed by atoms with E-state index in [4.69, 9.17) is 4.98 Å². The largest absolute Gasteiger partial charge is 0.308 e. The Balaban J connectivity index is 1.17. The van der Waals surface area contributed by atoms with Crippen molar-refractivity contribution in [3.63, 3.8) is 0 Å². The Morgan fingerprint density at radius 1 is 0.351 bits per heavy atom. The molecular formula is C69H53N5.